The van der Waals surface area contributed by atoms with Gasteiger partial charge in [-0.05, 0) is 31.2 Å². The molecule has 0 bridgehead atoms. The number of nitriles is 1. The normalized spacial score (nSPS) is 11.1. The quantitative estimate of drug-likeness (QED) is 0.716. The van der Waals surface area contributed by atoms with Crippen LogP contribution in [0.25, 0.3) is 5.57 Å². The molecule has 2 aromatic rings. The molecular formula is C14H15N7O. The number of amides is 1. The molecule has 8 heteroatoms. The van der Waals surface area contributed by atoms with Gasteiger partial charge in [-0.25, -0.2) is 0 Å². The Morgan fingerprint density at radius 3 is 2.82 bits per heavy atom. The van der Waals surface area contributed by atoms with Crippen molar-refractivity contribution in [2.75, 3.05) is 5.32 Å². The van der Waals surface area contributed by atoms with Gasteiger partial charge in [-0.2, -0.15) is 10.5 Å². The molecule has 0 radical (unpaired) electrons. The van der Waals surface area contributed by atoms with Gasteiger partial charge in [0.05, 0.1) is 11.3 Å². The molecule has 0 fully saturated rings. The van der Waals surface area contributed by atoms with Gasteiger partial charge in [-0.15, -0.1) is 10.2 Å². The van der Waals surface area contributed by atoms with Crippen LogP contribution in [0.2, 0.25) is 0 Å². The SMILES string of the molecule is CC(C)NC(=O)c1ccccc1NC=C(C#N)c1nn[nH]n1. The molecule has 0 saturated heterocycles. The van der Waals surface area contributed by atoms with Gasteiger partial charge in [-0.1, -0.05) is 12.1 Å². The summed E-state index contributed by atoms with van der Waals surface area (Å²) in [6.45, 7) is 3.77. The fourth-order valence-corrected chi connectivity index (χ4v) is 1.72. The third-order valence-corrected chi connectivity index (χ3v) is 2.67. The third kappa shape index (κ3) is 3.67. The molecule has 1 amide bonds. The highest BCUT2D eigenvalue weighted by molar-refractivity contribution is 6.00. The smallest absolute Gasteiger partial charge is 0.253 e. The molecule has 3 N–H and O–H groups in total. The summed E-state index contributed by atoms with van der Waals surface area (Å²) in [6.07, 6.45) is 1.44. The molecule has 2 rings (SSSR count). The lowest BCUT2D eigenvalue weighted by molar-refractivity contribution is 0.0944. The lowest BCUT2D eigenvalue weighted by Gasteiger charge is -2.12. The number of allylic oxidation sites excluding steroid dienone is 1. The Labute approximate surface area is 127 Å². The maximum atomic E-state index is 12.1. The van der Waals surface area contributed by atoms with Crippen LogP contribution in [0.1, 0.15) is 30.0 Å². The molecule has 0 aliphatic carbocycles. The average Bonchev–Trinajstić information content (AvgIpc) is 3.02. The van der Waals surface area contributed by atoms with Crippen LogP contribution < -0.4 is 10.6 Å². The molecule has 0 aliphatic heterocycles. The van der Waals surface area contributed by atoms with E-state index in [9.17, 15) is 4.79 Å². The zero-order valence-corrected chi connectivity index (χ0v) is 12.2. The van der Waals surface area contributed by atoms with E-state index < -0.39 is 0 Å². The van der Waals surface area contributed by atoms with E-state index in [1.165, 1.54) is 6.20 Å². The molecule has 0 saturated carbocycles. The Morgan fingerprint density at radius 1 is 1.41 bits per heavy atom. The van der Waals surface area contributed by atoms with Crippen LogP contribution in [-0.4, -0.2) is 32.6 Å². The molecule has 1 aromatic carbocycles. The van der Waals surface area contributed by atoms with Crippen molar-refractivity contribution in [3.8, 4) is 6.07 Å². The number of carbonyl (C=O) groups is 1. The number of anilines is 1. The van der Waals surface area contributed by atoms with E-state index in [1.807, 2.05) is 19.9 Å². The van der Waals surface area contributed by atoms with Gasteiger partial charge < -0.3 is 10.6 Å². The van der Waals surface area contributed by atoms with Crippen LogP contribution in [-0.2, 0) is 0 Å². The van der Waals surface area contributed by atoms with Crippen molar-refractivity contribution >= 4 is 17.2 Å². The second kappa shape index (κ2) is 6.99. The van der Waals surface area contributed by atoms with Gasteiger partial charge in [0.25, 0.3) is 5.91 Å². The summed E-state index contributed by atoms with van der Waals surface area (Å²) in [5, 5.41) is 28.0. The molecule has 0 unspecified atom stereocenters. The first-order chi connectivity index (χ1) is 10.6. The number of para-hydroxylation sites is 1. The minimum absolute atomic E-state index is 0.0325. The lowest BCUT2D eigenvalue weighted by Crippen LogP contribution is -2.30. The predicted molar refractivity (Wildman–Crippen MR) is 80.4 cm³/mol. The van der Waals surface area contributed by atoms with E-state index in [1.54, 1.807) is 24.3 Å². The molecule has 8 nitrogen and oxygen atoms in total. The first-order valence-electron chi connectivity index (χ1n) is 6.62. The Bertz CT molecular complexity index is 713. The van der Waals surface area contributed by atoms with E-state index in [-0.39, 0.29) is 23.3 Å². The van der Waals surface area contributed by atoms with Crippen molar-refractivity contribution in [3.05, 3.63) is 41.9 Å². The summed E-state index contributed by atoms with van der Waals surface area (Å²) in [7, 11) is 0. The van der Waals surface area contributed by atoms with Crippen molar-refractivity contribution in [1.29, 1.82) is 5.26 Å². The van der Waals surface area contributed by atoms with Crippen molar-refractivity contribution in [2.45, 2.75) is 19.9 Å². The molecule has 0 aliphatic rings. The Balaban J connectivity index is 2.23. The monoisotopic (exact) mass is 297 g/mol. The molecule has 0 spiro atoms. The molecule has 0 atom stereocenters. The minimum Gasteiger partial charge on any atom is -0.360 e. The van der Waals surface area contributed by atoms with Crippen molar-refractivity contribution in [2.24, 2.45) is 0 Å². The number of hydrogen-bond acceptors (Lipinski definition) is 6. The van der Waals surface area contributed by atoms with E-state index in [0.717, 1.165) is 0 Å². The molecule has 1 aromatic heterocycles. The fourth-order valence-electron chi connectivity index (χ4n) is 1.72. The number of aromatic nitrogens is 4. The Morgan fingerprint density at radius 2 is 2.18 bits per heavy atom. The van der Waals surface area contributed by atoms with Gasteiger partial charge in [0.1, 0.15) is 11.6 Å². The summed E-state index contributed by atoms with van der Waals surface area (Å²) in [5.41, 5.74) is 1.27. The number of nitrogens with one attached hydrogen (secondary N) is 3. The molecular weight excluding hydrogens is 282 g/mol. The topological polar surface area (TPSA) is 119 Å². The average molecular weight is 297 g/mol. The number of benzene rings is 1. The lowest BCUT2D eigenvalue weighted by atomic mass is 10.1. The molecule has 22 heavy (non-hydrogen) atoms. The first kappa shape index (κ1) is 15.2. The Kier molecular flexibility index (Phi) is 4.82. The minimum atomic E-state index is -0.190. The predicted octanol–water partition coefficient (Wildman–Crippen LogP) is 1.31. The number of nitrogens with zero attached hydrogens (tertiary/aromatic N) is 4. The summed E-state index contributed by atoms with van der Waals surface area (Å²) < 4.78 is 0. The molecule has 1 heterocycles. The number of hydrogen-bond donors (Lipinski definition) is 3. The Hall–Kier alpha value is -3.21. The summed E-state index contributed by atoms with van der Waals surface area (Å²) >= 11 is 0. The summed E-state index contributed by atoms with van der Waals surface area (Å²) in [5.74, 6) is -0.0105. The largest absolute Gasteiger partial charge is 0.360 e. The van der Waals surface area contributed by atoms with Crippen molar-refractivity contribution < 1.29 is 4.79 Å². The van der Waals surface area contributed by atoms with Gasteiger partial charge in [0.2, 0.25) is 5.82 Å². The van der Waals surface area contributed by atoms with Gasteiger partial charge in [0.15, 0.2) is 0 Å². The number of carbonyl (C=O) groups excluding carboxylic acids is 1. The summed E-state index contributed by atoms with van der Waals surface area (Å²) in [4.78, 5) is 12.1. The van der Waals surface area contributed by atoms with Crippen molar-refractivity contribution in [3.63, 3.8) is 0 Å². The number of rotatable bonds is 5. The second-order valence-electron chi connectivity index (χ2n) is 4.72. The van der Waals surface area contributed by atoms with Gasteiger partial charge in [-0.3, -0.25) is 4.79 Å². The maximum Gasteiger partial charge on any atom is 0.253 e. The standard InChI is InChI=1S/C14H15N7O/c1-9(2)17-14(22)11-5-3-4-6-12(11)16-8-10(7-15)13-18-20-21-19-13/h3-6,8-9,16H,1-2H3,(H,17,22)(H,18,19,20,21). The number of aromatic amines is 1. The van der Waals surface area contributed by atoms with Gasteiger partial charge in [0, 0.05) is 12.2 Å². The van der Waals surface area contributed by atoms with Crippen molar-refractivity contribution in [1.82, 2.24) is 25.9 Å². The zero-order valence-electron chi connectivity index (χ0n) is 12.2. The maximum absolute atomic E-state index is 12.1. The van der Waals surface area contributed by atoms with E-state index in [4.69, 9.17) is 5.26 Å². The third-order valence-electron chi connectivity index (χ3n) is 2.67. The summed E-state index contributed by atoms with van der Waals surface area (Å²) in [6, 6.07) is 9.02. The zero-order chi connectivity index (χ0) is 15.9. The number of H-pyrrole nitrogens is 1. The van der Waals surface area contributed by atoms with Gasteiger partial charge >= 0.3 is 0 Å². The number of tetrazole rings is 1. The van der Waals surface area contributed by atoms with E-state index >= 15 is 0 Å². The van der Waals surface area contributed by atoms with Crippen LogP contribution in [0.4, 0.5) is 5.69 Å². The second-order valence-corrected chi connectivity index (χ2v) is 4.72. The highest BCUT2D eigenvalue weighted by Gasteiger charge is 2.12. The fraction of sp³-hybridized carbons (Fsp3) is 0.214. The highest BCUT2D eigenvalue weighted by atomic mass is 16.1. The van der Waals surface area contributed by atoms with Crippen LogP contribution in [0, 0.1) is 11.3 Å². The molecule has 112 valence electrons. The first-order valence-corrected chi connectivity index (χ1v) is 6.62. The van der Waals surface area contributed by atoms with Crippen LogP contribution in [0.5, 0.6) is 0 Å². The van der Waals surface area contributed by atoms with E-state index in [0.29, 0.717) is 11.3 Å². The van der Waals surface area contributed by atoms with Crippen LogP contribution in [0.15, 0.2) is 30.5 Å². The highest BCUT2D eigenvalue weighted by Crippen LogP contribution is 2.16. The van der Waals surface area contributed by atoms with E-state index in [2.05, 4.69) is 31.3 Å². The van der Waals surface area contributed by atoms with Crippen LogP contribution in [0.3, 0.4) is 0 Å². The van der Waals surface area contributed by atoms with Crippen LogP contribution >= 0.6 is 0 Å².